The molecule has 0 aliphatic carbocycles. The van der Waals surface area contributed by atoms with Crippen LogP contribution in [0.1, 0.15) is 40.2 Å². The molecule has 0 atom stereocenters. The molecule has 1 amide bonds. The first-order chi connectivity index (χ1) is 14.9. The molecule has 1 aliphatic heterocycles. The Labute approximate surface area is 182 Å². The second kappa shape index (κ2) is 8.55. The summed E-state index contributed by atoms with van der Waals surface area (Å²) >= 11 is 0. The van der Waals surface area contributed by atoms with Crippen LogP contribution in [-0.4, -0.2) is 36.2 Å². The zero-order chi connectivity index (χ0) is 22.0. The summed E-state index contributed by atoms with van der Waals surface area (Å²) in [6.07, 6.45) is 5.13. The summed E-state index contributed by atoms with van der Waals surface area (Å²) in [6.45, 7) is 4.59. The number of nitrogens with one attached hydrogen (secondary N) is 1. The van der Waals surface area contributed by atoms with E-state index in [9.17, 15) is 13.2 Å². The first-order valence-electron chi connectivity index (χ1n) is 10.3. The smallest absolute Gasteiger partial charge is 0.251 e. The van der Waals surface area contributed by atoms with Crippen molar-refractivity contribution in [2.45, 2.75) is 33.2 Å². The van der Waals surface area contributed by atoms with E-state index in [4.69, 9.17) is 0 Å². The van der Waals surface area contributed by atoms with E-state index in [-0.39, 0.29) is 11.7 Å². The third kappa shape index (κ3) is 4.34. The monoisotopic (exact) mass is 438 g/mol. The van der Waals surface area contributed by atoms with Crippen molar-refractivity contribution in [1.29, 1.82) is 0 Å². The minimum absolute atomic E-state index is 0.146. The van der Waals surface area contributed by atoms with E-state index >= 15 is 0 Å². The van der Waals surface area contributed by atoms with Crippen LogP contribution >= 0.6 is 0 Å². The lowest BCUT2D eigenvalue weighted by atomic mass is 10.1. The fourth-order valence-electron chi connectivity index (χ4n) is 3.88. The molecular weight excluding hydrogens is 412 g/mol. The number of imidazole rings is 1. The van der Waals surface area contributed by atoms with Gasteiger partial charge in [0.15, 0.2) is 0 Å². The summed E-state index contributed by atoms with van der Waals surface area (Å²) < 4.78 is 28.5. The van der Waals surface area contributed by atoms with Gasteiger partial charge in [0.25, 0.3) is 5.91 Å². The number of nitrogens with zero attached hydrogens (tertiary/aromatic N) is 3. The molecule has 1 N–H and O–H groups in total. The minimum Gasteiger partial charge on any atom is -0.348 e. The highest BCUT2D eigenvalue weighted by molar-refractivity contribution is 7.92. The molecule has 1 fully saturated rings. The van der Waals surface area contributed by atoms with Gasteiger partial charge in [-0.2, -0.15) is 0 Å². The number of sulfonamides is 1. The Bertz CT molecular complexity index is 1220. The van der Waals surface area contributed by atoms with Crippen LogP contribution in [-0.2, 0) is 16.6 Å². The Morgan fingerprint density at radius 1 is 1.10 bits per heavy atom. The van der Waals surface area contributed by atoms with Gasteiger partial charge in [-0.1, -0.05) is 24.3 Å². The van der Waals surface area contributed by atoms with Crippen LogP contribution in [0.2, 0.25) is 0 Å². The van der Waals surface area contributed by atoms with E-state index in [1.54, 1.807) is 24.4 Å². The number of carbonyl (C=O) groups is 1. The number of hydrogen-bond donors (Lipinski definition) is 1. The maximum absolute atomic E-state index is 12.9. The molecule has 1 saturated heterocycles. The first kappa shape index (κ1) is 21.1. The van der Waals surface area contributed by atoms with E-state index in [0.717, 1.165) is 29.1 Å². The van der Waals surface area contributed by atoms with Gasteiger partial charge >= 0.3 is 0 Å². The summed E-state index contributed by atoms with van der Waals surface area (Å²) in [5.74, 6) is 0.769. The molecule has 0 bridgehead atoms. The summed E-state index contributed by atoms with van der Waals surface area (Å²) in [7, 11) is -3.34. The lowest BCUT2D eigenvalue weighted by molar-refractivity contribution is 0.0951. The van der Waals surface area contributed by atoms with Crippen LogP contribution in [0.3, 0.4) is 0 Å². The highest BCUT2D eigenvalue weighted by atomic mass is 32.2. The van der Waals surface area contributed by atoms with E-state index in [0.29, 0.717) is 30.8 Å². The van der Waals surface area contributed by atoms with Crippen molar-refractivity contribution in [2.24, 2.45) is 0 Å². The fourth-order valence-corrected chi connectivity index (χ4v) is 5.58. The molecule has 7 nitrogen and oxygen atoms in total. The van der Waals surface area contributed by atoms with Crippen LogP contribution in [0.25, 0.3) is 5.69 Å². The van der Waals surface area contributed by atoms with Gasteiger partial charge in [0.1, 0.15) is 5.82 Å². The predicted molar refractivity (Wildman–Crippen MR) is 121 cm³/mol. The van der Waals surface area contributed by atoms with Gasteiger partial charge in [0.05, 0.1) is 17.1 Å². The van der Waals surface area contributed by atoms with E-state index < -0.39 is 10.0 Å². The molecule has 3 aromatic rings. The number of para-hydroxylation sites is 1. The highest BCUT2D eigenvalue weighted by Gasteiger charge is 2.27. The molecule has 0 saturated carbocycles. The average molecular weight is 439 g/mol. The zero-order valence-electron chi connectivity index (χ0n) is 17.7. The number of aryl methyl sites for hydroxylation is 2. The highest BCUT2D eigenvalue weighted by Crippen LogP contribution is 2.28. The first-order valence-corrected chi connectivity index (χ1v) is 12.0. The van der Waals surface area contributed by atoms with Gasteiger partial charge in [0, 0.05) is 31.0 Å². The van der Waals surface area contributed by atoms with Crippen LogP contribution in [0.5, 0.6) is 0 Å². The molecular formula is C23H26N4O3S. The van der Waals surface area contributed by atoms with Crippen molar-refractivity contribution in [3.05, 3.63) is 77.4 Å². The number of hydrogen-bond acceptors (Lipinski definition) is 4. The summed E-state index contributed by atoms with van der Waals surface area (Å²) in [6, 6.07) is 13.1. The number of rotatable bonds is 5. The Morgan fingerprint density at radius 3 is 2.65 bits per heavy atom. The third-order valence-corrected chi connectivity index (χ3v) is 7.46. The molecule has 2 aromatic carbocycles. The number of benzene rings is 2. The van der Waals surface area contributed by atoms with Gasteiger partial charge in [-0.05, 0) is 56.0 Å². The lowest BCUT2D eigenvalue weighted by Crippen LogP contribution is -2.38. The largest absolute Gasteiger partial charge is 0.348 e. The van der Waals surface area contributed by atoms with Gasteiger partial charge in [-0.25, -0.2) is 13.4 Å². The number of aromatic nitrogens is 2. The summed E-state index contributed by atoms with van der Waals surface area (Å²) in [5, 5.41) is 2.97. The van der Waals surface area contributed by atoms with Gasteiger partial charge in [-0.3, -0.25) is 9.10 Å². The maximum Gasteiger partial charge on any atom is 0.251 e. The van der Waals surface area contributed by atoms with Crippen LogP contribution in [0, 0.1) is 13.8 Å². The number of amides is 1. The van der Waals surface area contributed by atoms with Crippen LogP contribution < -0.4 is 9.62 Å². The van der Waals surface area contributed by atoms with Gasteiger partial charge in [-0.15, -0.1) is 0 Å². The molecule has 4 rings (SSSR count). The minimum atomic E-state index is -3.34. The molecule has 8 heteroatoms. The fraction of sp³-hybridized carbons (Fsp3) is 0.304. The Hall–Kier alpha value is -3.13. The molecule has 162 valence electrons. The maximum atomic E-state index is 12.9. The molecule has 2 heterocycles. The number of anilines is 1. The Morgan fingerprint density at radius 2 is 1.90 bits per heavy atom. The quantitative estimate of drug-likeness (QED) is 0.662. The summed E-state index contributed by atoms with van der Waals surface area (Å²) in [4.78, 5) is 17.2. The van der Waals surface area contributed by atoms with E-state index in [1.165, 1.54) is 4.31 Å². The Balaban J connectivity index is 1.55. The second-order valence-corrected chi connectivity index (χ2v) is 9.77. The van der Waals surface area contributed by atoms with Gasteiger partial charge in [0.2, 0.25) is 10.0 Å². The van der Waals surface area contributed by atoms with Crippen molar-refractivity contribution >= 4 is 21.6 Å². The lowest BCUT2D eigenvalue weighted by Gasteiger charge is -2.29. The number of carbonyl (C=O) groups excluding carboxylic acids is 1. The Kier molecular flexibility index (Phi) is 5.82. The van der Waals surface area contributed by atoms with Crippen molar-refractivity contribution < 1.29 is 13.2 Å². The predicted octanol–water partition coefficient (Wildman–Crippen LogP) is 3.35. The molecule has 31 heavy (non-hydrogen) atoms. The molecule has 0 spiro atoms. The zero-order valence-corrected chi connectivity index (χ0v) is 18.5. The summed E-state index contributed by atoms with van der Waals surface area (Å²) in [5.41, 5.74) is 3.78. The van der Waals surface area contributed by atoms with E-state index in [2.05, 4.69) is 10.3 Å². The van der Waals surface area contributed by atoms with Crippen molar-refractivity contribution in [2.75, 3.05) is 16.6 Å². The average Bonchev–Trinajstić information content (AvgIpc) is 3.18. The SMILES string of the molecule is Cc1ccc(C(=O)NCc2ccccc2-n2ccnc2C)cc1N1CCCCS1(=O)=O. The standard InChI is InChI=1S/C23H26N4O3S/c1-17-9-10-19(15-22(17)27-12-5-6-14-31(27,29)30)23(28)25-16-20-7-3-4-8-21(20)26-13-11-24-18(26)2/h3-4,7-11,13,15H,5-6,12,14,16H2,1-2H3,(H,25,28). The molecule has 1 aromatic heterocycles. The van der Waals surface area contributed by atoms with Gasteiger partial charge < -0.3 is 9.88 Å². The molecule has 1 aliphatic rings. The topological polar surface area (TPSA) is 84.3 Å². The third-order valence-electron chi connectivity index (χ3n) is 5.61. The normalized spacial score (nSPS) is 15.6. The van der Waals surface area contributed by atoms with Crippen LogP contribution in [0.15, 0.2) is 54.9 Å². The van der Waals surface area contributed by atoms with Crippen molar-refractivity contribution in [3.63, 3.8) is 0 Å². The molecule has 0 radical (unpaired) electrons. The van der Waals surface area contributed by atoms with Crippen molar-refractivity contribution in [3.8, 4) is 5.69 Å². The second-order valence-electron chi connectivity index (χ2n) is 7.75. The van der Waals surface area contributed by atoms with Crippen molar-refractivity contribution in [1.82, 2.24) is 14.9 Å². The van der Waals surface area contributed by atoms with Crippen LogP contribution in [0.4, 0.5) is 5.69 Å². The molecule has 0 unspecified atom stereocenters. The van der Waals surface area contributed by atoms with E-state index in [1.807, 2.05) is 48.9 Å².